The number of nitrogens with zero attached hydrogens (tertiary/aromatic N) is 1. The molecule has 1 saturated heterocycles. The molecule has 0 radical (unpaired) electrons. The molecule has 21 heavy (non-hydrogen) atoms. The molecule has 1 heterocycles. The molecular formula is C18H27NO2. The van der Waals surface area contributed by atoms with Crippen LogP contribution in [0.5, 0.6) is 5.75 Å². The fourth-order valence-corrected chi connectivity index (χ4v) is 2.73. The third kappa shape index (κ3) is 5.16. The number of hydrogen-bond donors (Lipinski definition) is 0. The number of benzene rings is 1. The van der Waals surface area contributed by atoms with Crippen LogP contribution in [0.15, 0.2) is 24.3 Å². The number of para-hydroxylation sites is 1. The molecule has 3 heteroatoms. The van der Waals surface area contributed by atoms with Crippen LogP contribution in [0.4, 0.5) is 0 Å². The molecule has 1 aliphatic heterocycles. The van der Waals surface area contributed by atoms with E-state index in [1.807, 2.05) is 24.3 Å². The molecule has 3 nitrogen and oxygen atoms in total. The fourth-order valence-electron chi connectivity index (χ4n) is 2.73. The minimum Gasteiger partial charge on any atom is -0.493 e. The van der Waals surface area contributed by atoms with Gasteiger partial charge in [0.2, 0.25) is 0 Å². The number of unbranched alkanes of at least 4 members (excludes halogenated alkanes) is 1. The van der Waals surface area contributed by atoms with Crippen LogP contribution in [0, 0.1) is 0 Å². The quantitative estimate of drug-likeness (QED) is 0.536. The molecule has 0 amide bonds. The van der Waals surface area contributed by atoms with Crippen molar-refractivity contribution in [1.82, 2.24) is 4.90 Å². The van der Waals surface area contributed by atoms with Gasteiger partial charge in [-0.25, -0.2) is 0 Å². The van der Waals surface area contributed by atoms with E-state index >= 15 is 0 Å². The number of piperidine rings is 1. The molecule has 0 saturated carbocycles. The third-order valence-electron chi connectivity index (χ3n) is 4.05. The SMILES string of the molecule is CCCCOc1ccccc1C(=O)CCN1CCCCC1. The molecule has 1 aromatic rings. The molecule has 0 spiro atoms. The zero-order valence-electron chi connectivity index (χ0n) is 13.1. The van der Waals surface area contributed by atoms with Gasteiger partial charge in [-0.2, -0.15) is 0 Å². The number of ether oxygens (including phenoxy) is 1. The standard InChI is InChI=1S/C18H27NO2/c1-2-3-15-21-18-10-6-5-9-16(18)17(20)11-14-19-12-7-4-8-13-19/h5-6,9-10H,2-4,7-8,11-15H2,1H3. The first-order chi connectivity index (χ1) is 10.3. The van der Waals surface area contributed by atoms with E-state index in [1.165, 1.54) is 19.3 Å². The highest BCUT2D eigenvalue weighted by atomic mass is 16.5. The summed E-state index contributed by atoms with van der Waals surface area (Å²) in [7, 11) is 0. The van der Waals surface area contributed by atoms with Crippen molar-refractivity contribution in [2.24, 2.45) is 0 Å². The lowest BCUT2D eigenvalue weighted by Gasteiger charge is -2.26. The number of rotatable bonds is 8. The van der Waals surface area contributed by atoms with Crippen LogP contribution in [-0.2, 0) is 0 Å². The van der Waals surface area contributed by atoms with Crippen molar-refractivity contribution in [3.05, 3.63) is 29.8 Å². The molecule has 1 fully saturated rings. The van der Waals surface area contributed by atoms with E-state index in [2.05, 4.69) is 11.8 Å². The Morgan fingerprint density at radius 1 is 1.19 bits per heavy atom. The zero-order valence-corrected chi connectivity index (χ0v) is 13.1. The minimum atomic E-state index is 0.202. The van der Waals surface area contributed by atoms with Gasteiger partial charge in [0.05, 0.1) is 12.2 Å². The molecule has 1 aromatic carbocycles. The first-order valence-electron chi connectivity index (χ1n) is 8.28. The van der Waals surface area contributed by atoms with Crippen LogP contribution < -0.4 is 4.74 Å². The topological polar surface area (TPSA) is 29.5 Å². The summed E-state index contributed by atoms with van der Waals surface area (Å²) in [6, 6.07) is 7.65. The Kier molecular flexibility index (Phi) is 6.74. The van der Waals surface area contributed by atoms with Crippen molar-refractivity contribution in [3.8, 4) is 5.75 Å². The minimum absolute atomic E-state index is 0.202. The maximum absolute atomic E-state index is 12.4. The number of likely N-dealkylation sites (tertiary alicyclic amines) is 1. The zero-order chi connectivity index (χ0) is 14.9. The molecule has 0 aliphatic carbocycles. The van der Waals surface area contributed by atoms with E-state index in [0.29, 0.717) is 13.0 Å². The average Bonchev–Trinajstić information content (AvgIpc) is 2.54. The lowest BCUT2D eigenvalue weighted by molar-refractivity contribution is 0.0954. The van der Waals surface area contributed by atoms with Gasteiger partial charge in [-0.05, 0) is 44.5 Å². The summed E-state index contributed by atoms with van der Waals surface area (Å²) in [5.41, 5.74) is 0.741. The van der Waals surface area contributed by atoms with Crippen molar-refractivity contribution in [3.63, 3.8) is 0 Å². The van der Waals surface area contributed by atoms with Gasteiger partial charge in [0.15, 0.2) is 5.78 Å². The highest BCUT2D eigenvalue weighted by Crippen LogP contribution is 2.20. The van der Waals surface area contributed by atoms with E-state index in [4.69, 9.17) is 4.74 Å². The first-order valence-corrected chi connectivity index (χ1v) is 8.28. The molecule has 0 unspecified atom stereocenters. The third-order valence-corrected chi connectivity index (χ3v) is 4.05. The molecule has 0 aromatic heterocycles. The van der Waals surface area contributed by atoms with Gasteiger partial charge < -0.3 is 9.64 Å². The second-order valence-corrected chi connectivity index (χ2v) is 5.77. The van der Waals surface area contributed by atoms with Crippen molar-refractivity contribution >= 4 is 5.78 Å². The predicted molar refractivity (Wildman–Crippen MR) is 86.1 cm³/mol. The largest absolute Gasteiger partial charge is 0.493 e. The summed E-state index contributed by atoms with van der Waals surface area (Å²) in [4.78, 5) is 14.8. The van der Waals surface area contributed by atoms with Crippen molar-refractivity contribution in [2.75, 3.05) is 26.2 Å². The van der Waals surface area contributed by atoms with E-state index in [0.717, 1.165) is 43.8 Å². The van der Waals surface area contributed by atoms with Crippen molar-refractivity contribution < 1.29 is 9.53 Å². The number of Topliss-reactive ketones (excluding diaryl/α,β-unsaturated/α-hetero) is 1. The maximum Gasteiger partial charge on any atom is 0.167 e. The predicted octanol–water partition coefficient (Wildman–Crippen LogP) is 3.92. The molecule has 0 N–H and O–H groups in total. The van der Waals surface area contributed by atoms with Gasteiger partial charge in [0.25, 0.3) is 0 Å². The molecule has 116 valence electrons. The highest BCUT2D eigenvalue weighted by Gasteiger charge is 2.15. The smallest absolute Gasteiger partial charge is 0.167 e. The molecule has 2 rings (SSSR count). The Balaban J connectivity index is 1.88. The summed E-state index contributed by atoms with van der Waals surface area (Å²) in [6.45, 7) is 5.98. The second kappa shape index (κ2) is 8.83. The average molecular weight is 289 g/mol. The van der Waals surface area contributed by atoms with Crippen molar-refractivity contribution in [2.45, 2.75) is 45.4 Å². The van der Waals surface area contributed by atoms with Crippen LogP contribution in [0.3, 0.4) is 0 Å². The first kappa shape index (κ1) is 16.0. The summed E-state index contributed by atoms with van der Waals surface area (Å²) in [5.74, 6) is 0.947. The Morgan fingerprint density at radius 3 is 2.71 bits per heavy atom. The summed E-state index contributed by atoms with van der Waals surface area (Å²) in [6.07, 6.45) is 6.59. The summed E-state index contributed by atoms with van der Waals surface area (Å²) >= 11 is 0. The monoisotopic (exact) mass is 289 g/mol. The van der Waals surface area contributed by atoms with Crippen LogP contribution in [-0.4, -0.2) is 36.9 Å². The van der Waals surface area contributed by atoms with E-state index in [9.17, 15) is 4.79 Å². The van der Waals surface area contributed by atoms with Gasteiger partial charge in [0.1, 0.15) is 5.75 Å². The summed E-state index contributed by atoms with van der Waals surface area (Å²) < 4.78 is 5.76. The Labute approximate surface area is 128 Å². The summed E-state index contributed by atoms with van der Waals surface area (Å²) in [5, 5.41) is 0. The van der Waals surface area contributed by atoms with Gasteiger partial charge in [0, 0.05) is 13.0 Å². The van der Waals surface area contributed by atoms with Gasteiger partial charge in [-0.15, -0.1) is 0 Å². The molecule has 0 bridgehead atoms. The Hall–Kier alpha value is -1.35. The second-order valence-electron chi connectivity index (χ2n) is 5.77. The number of carbonyl (C=O) groups is 1. The Bertz CT molecular complexity index is 439. The van der Waals surface area contributed by atoms with E-state index in [-0.39, 0.29) is 5.78 Å². The molecule has 0 atom stereocenters. The normalized spacial score (nSPS) is 15.9. The highest BCUT2D eigenvalue weighted by molar-refractivity contribution is 5.98. The van der Waals surface area contributed by atoms with E-state index < -0.39 is 0 Å². The van der Waals surface area contributed by atoms with Crippen LogP contribution >= 0.6 is 0 Å². The number of carbonyl (C=O) groups excluding carboxylic acids is 1. The van der Waals surface area contributed by atoms with Gasteiger partial charge in [-0.3, -0.25) is 4.79 Å². The molecule has 1 aliphatic rings. The lowest BCUT2D eigenvalue weighted by Crippen LogP contribution is -2.31. The van der Waals surface area contributed by atoms with Crippen molar-refractivity contribution in [1.29, 1.82) is 0 Å². The van der Waals surface area contributed by atoms with Crippen LogP contribution in [0.25, 0.3) is 0 Å². The van der Waals surface area contributed by atoms with Gasteiger partial charge >= 0.3 is 0 Å². The lowest BCUT2D eigenvalue weighted by atomic mass is 10.1. The Morgan fingerprint density at radius 2 is 1.95 bits per heavy atom. The van der Waals surface area contributed by atoms with E-state index in [1.54, 1.807) is 0 Å². The molecular weight excluding hydrogens is 262 g/mol. The van der Waals surface area contributed by atoms with Gasteiger partial charge in [-0.1, -0.05) is 31.9 Å². The number of ketones is 1. The fraction of sp³-hybridized carbons (Fsp3) is 0.611. The maximum atomic E-state index is 12.4. The van der Waals surface area contributed by atoms with Crippen LogP contribution in [0.1, 0.15) is 55.8 Å². The van der Waals surface area contributed by atoms with Crippen LogP contribution in [0.2, 0.25) is 0 Å². The number of hydrogen-bond acceptors (Lipinski definition) is 3.